The highest BCUT2D eigenvalue weighted by Gasteiger charge is 2.34. The minimum atomic E-state index is -4.53. The number of Topliss-reactive ketones (excluding diaryl/α,β-unsaturated/α-hetero) is 1. The van der Waals surface area contributed by atoms with Gasteiger partial charge in [-0.1, -0.05) is 12.1 Å². The second-order valence-corrected chi connectivity index (χ2v) is 9.82. The van der Waals surface area contributed by atoms with Gasteiger partial charge in [-0.25, -0.2) is 4.79 Å². The molecule has 1 atom stereocenters. The summed E-state index contributed by atoms with van der Waals surface area (Å²) < 4.78 is 45.1. The van der Waals surface area contributed by atoms with Crippen molar-refractivity contribution in [2.45, 2.75) is 62.7 Å². The van der Waals surface area contributed by atoms with Gasteiger partial charge in [0, 0.05) is 28.3 Å². The Morgan fingerprint density at radius 1 is 1.14 bits per heavy atom. The van der Waals surface area contributed by atoms with Gasteiger partial charge in [-0.05, 0) is 69.5 Å². The molecular formula is C26H26F3N3O3S. The molecule has 36 heavy (non-hydrogen) atoms. The van der Waals surface area contributed by atoms with Crippen molar-refractivity contribution in [3.63, 3.8) is 0 Å². The molecule has 0 bridgehead atoms. The minimum Gasteiger partial charge on any atom is -0.444 e. The highest BCUT2D eigenvalue weighted by molar-refractivity contribution is 7.80. The number of ketones is 1. The monoisotopic (exact) mass is 517 g/mol. The van der Waals surface area contributed by atoms with Crippen LogP contribution in [0.4, 0.5) is 23.7 Å². The zero-order chi connectivity index (χ0) is 26.7. The molecular weight excluding hydrogens is 491 g/mol. The fourth-order valence-electron chi connectivity index (χ4n) is 3.86. The maximum absolute atomic E-state index is 13.2. The van der Waals surface area contributed by atoms with E-state index in [9.17, 15) is 28.0 Å². The second kappa shape index (κ2) is 10.7. The van der Waals surface area contributed by atoms with Gasteiger partial charge < -0.3 is 15.4 Å². The number of alkyl carbamates (subject to hydrolysis) is 1. The van der Waals surface area contributed by atoms with Gasteiger partial charge in [0.15, 0.2) is 5.78 Å². The number of alkyl halides is 3. The van der Waals surface area contributed by atoms with Gasteiger partial charge in [0.05, 0.1) is 23.2 Å². The first-order chi connectivity index (χ1) is 16.8. The number of thiol groups is 1. The first-order valence-electron chi connectivity index (χ1n) is 11.2. The standard InChI is InChI=1S/C26H26F3N3O3S/c1-25(2,3)35-24(34)32-23(18-11-10-15(14-30)12-21(18)36)22-19(8-5-9-20(22)33)31-17-7-4-6-16(13-17)26(27,28)29/h4,6-7,10-13,23,31,36H,5,8-9H2,1-3H3,(H,32,34). The van der Waals surface area contributed by atoms with Crippen molar-refractivity contribution in [2.75, 3.05) is 5.32 Å². The highest BCUT2D eigenvalue weighted by atomic mass is 32.1. The minimum absolute atomic E-state index is 0.161. The molecule has 0 aliphatic heterocycles. The van der Waals surface area contributed by atoms with Gasteiger partial charge in [-0.3, -0.25) is 4.79 Å². The largest absolute Gasteiger partial charge is 0.444 e. The van der Waals surface area contributed by atoms with Crippen LogP contribution < -0.4 is 10.6 Å². The van der Waals surface area contributed by atoms with Crippen molar-refractivity contribution in [2.24, 2.45) is 0 Å². The Bertz CT molecular complexity index is 1240. The topological polar surface area (TPSA) is 91.2 Å². The van der Waals surface area contributed by atoms with Crippen LogP contribution in [0.25, 0.3) is 0 Å². The maximum Gasteiger partial charge on any atom is 0.416 e. The molecule has 2 aromatic carbocycles. The fraction of sp³-hybridized carbons (Fsp3) is 0.346. The van der Waals surface area contributed by atoms with Gasteiger partial charge in [-0.15, -0.1) is 12.6 Å². The van der Waals surface area contributed by atoms with E-state index in [2.05, 4.69) is 23.3 Å². The molecule has 0 saturated heterocycles. The molecule has 6 nitrogen and oxygen atoms in total. The third-order valence-corrected chi connectivity index (χ3v) is 5.75. The predicted molar refractivity (Wildman–Crippen MR) is 131 cm³/mol. The summed E-state index contributed by atoms with van der Waals surface area (Å²) in [4.78, 5) is 26.3. The summed E-state index contributed by atoms with van der Waals surface area (Å²) >= 11 is 4.47. The number of carbonyl (C=O) groups excluding carboxylic acids is 2. The summed E-state index contributed by atoms with van der Waals surface area (Å²) in [6, 6.07) is 10.3. The molecule has 2 aromatic rings. The molecule has 0 heterocycles. The number of carbonyl (C=O) groups is 2. The average Bonchev–Trinajstić information content (AvgIpc) is 2.76. The van der Waals surface area contributed by atoms with E-state index >= 15 is 0 Å². The number of allylic oxidation sites excluding steroid dienone is 1. The average molecular weight is 518 g/mol. The van der Waals surface area contributed by atoms with E-state index in [4.69, 9.17) is 4.74 Å². The van der Waals surface area contributed by atoms with E-state index in [0.717, 1.165) is 12.1 Å². The van der Waals surface area contributed by atoms with Gasteiger partial charge in [0.25, 0.3) is 0 Å². The highest BCUT2D eigenvalue weighted by Crippen LogP contribution is 2.37. The molecule has 0 radical (unpaired) electrons. The summed E-state index contributed by atoms with van der Waals surface area (Å²) in [6.45, 7) is 5.08. The maximum atomic E-state index is 13.2. The van der Waals surface area contributed by atoms with Crippen molar-refractivity contribution in [3.8, 4) is 6.07 Å². The number of hydrogen-bond donors (Lipinski definition) is 3. The van der Waals surface area contributed by atoms with Gasteiger partial charge in [0.2, 0.25) is 0 Å². The first-order valence-corrected chi connectivity index (χ1v) is 11.7. The Kier molecular flexibility index (Phi) is 8.04. The van der Waals surface area contributed by atoms with Crippen LogP contribution in [0.5, 0.6) is 0 Å². The van der Waals surface area contributed by atoms with E-state index in [-0.39, 0.29) is 23.5 Å². The third-order valence-electron chi connectivity index (χ3n) is 5.36. The van der Waals surface area contributed by atoms with Crippen LogP contribution in [-0.4, -0.2) is 17.5 Å². The Hall–Kier alpha value is -3.45. The fourth-order valence-corrected chi connectivity index (χ4v) is 4.21. The molecule has 3 rings (SSSR count). The number of amides is 1. The van der Waals surface area contributed by atoms with E-state index < -0.39 is 29.5 Å². The molecule has 2 N–H and O–H groups in total. The normalized spacial score (nSPS) is 15.2. The molecule has 0 spiro atoms. The van der Waals surface area contributed by atoms with Crippen molar-refractivity contribution in [1.29, 1.82) is 5.26 Å². The van der Waals surface area contributed by atoms with E-state index in [0.29, 0.717) is 34.6 Å². The number of halogens is 3. The molecule has 10 heteroatoms. The van der Waals surface area contributed by atoms with E-state index in [1.807, 2.05) is 6.07 Å². The molecule has 0 aromatic heterocycles. The van der Waals surface area contributed by atoms with Crippen molar-refractivity contribution < 1.29 is 27.5 Å². The number of hydrogen-bond acceptors (Lipinski definition) is 6. The number of benzene rings is 2. The van der Waals surface area contributed by atoms with Crippen molar-refractivity contribution in [1.82, 2.24) is 5.32 Å². The summed E-state index contributed by atoms with van der Waals surface area (Å²) in [5, 5.41) is 14.9. The van der Waals surface area contributed by atoms with Crippen molar-refractivity contribution >= 4 is 30.2 Å². The Morgan fingerprint density at radius 2 is 1.86 bits per heavy atom. The second-order valence-electron chi connectivity index (χ2n) is 9.34. The number of nitriles is 1. The summed E-state index contributed by atoms with van der Waals surface area (Å²) in [7, 11) is 0. The van der Waals surface area contributed by atoms with Crippen LogP contribution in [0.2, 0.25) is 0 Å². The van der Waals surface area contributed by atoms with Crippen LogP contribution in [0.3, 0.4) is 0 Å². The number of nitrogens with one attached hydrogen (secondary N) is 2. The number of anilines is 1. The lowest BCUT2D eigenvalue weighted by Gasteiger charge is -2.30. The third kappa shape index (κ3) is 6.82. The lowest BCUT2D eigenvalue weighted by molar-refractivity contribution is -0.137. The van der Waals surface area contributed by atoms with Gasteiger partial charge in [-0.2, -0.15) is 18.4 Å². The van der Waals surface area contributed by atoms with Crippen LogP contribution >= 0.6 is 12.6 Å². The molecule has 0 fully saturated rings. The Morgan fingerprint density at radius 3 is 2.47 bits per heavy atom. The molecule has 1 unspecified atom stereocenters. The van der Waals surface area contributed by atoms with Gasteiger partial charge in [0.1, 0.15) is 5.60 Å². The molecule has 0 saturated carbocycles. The van der Waals surface area contributed by atoms with E-state index in [1.54, 1.807) is 26.8 Å². The van der Waals surface area contributed by atoms with Gasteiger partial charge >= 0.3 is 12.3 Å². The lowest BCUT2D eigenvalue weighted by atomic mass is 9.86. The predicted octanol–water partition coefficient (Wildman–Crippen LogP) is 6.55. The zero-order valence-electron chi connectivity index (χ0n) is 20.0. The quantitative estimate of drug-likeness (QED) is 0.391. The van der Waals surface area contributed by atoms with Crippen LogP contribution in [-0.2, 0) is 15.7 Å². The van der Waals surface area contributed by atoms with Crippen molar-refractivity contribution in [3.05, 3.63) is 70.4 Å². The smallest absolute Gasteiger partial charge is 0.416 e. The SMILES string of the molecule is CC(C)(C)OC(=O)NC(C1=C(Nc2cccc(C(F)(F)F)c2)CCCC1=O)c1ccc(C#N)cc1S. The van der Waals surface area contributed by atoms with E-state index in [1.165, 1.54) is 24.3 Å². The lowest BCUT2D eigenvalue weighted by Crippen LogP contribution is -2.38. The van der Waals surface area contributed by atoms with Crippen LogP contribution in [0.15, 0.2) is 58.6 Å². The zero-order valence-corrected chi connectivity index (χ0v) is 20.9. The molecule has 1 aliphatic carbocycles. The van der Waals surface area contributed by atoms with Crippen LogP contribution in [0.1, 0.15) is 62.8 Å². The molecule has 1 aliphatic rings. The van der Waals surface area contributed by atoms with Crippen LogP contribution in [0, 0.1) is 11.3 Å². The first kappa shape index (κ1) is 27.1. The molecule has 1 amide bonds. The number of ether oxygens (including phenoxy) is 1. The Balaban J connectivity index is 2.11. The summed E-state index contributed by atoms with van der Waals surface area (Å²) in [5.41, 5.74) is -0.109. The molecule has 190 valence electrons. The summed E-state index contributed by atoms with van der Waals surface area (Å²) in [6.07, 6.45) is -4.24. The Labute approximate surface area is 212 Å². The summed E-state index contributed by atoms with van der Waals surface area (Å²) in [5.74, 6) is -0.270. The number of nitrogens with zero attached hydrogens (tertiary/aromatic N) is 1. The number of rotatable bonds is 5.